The highest BCUT2D eigenvalue weighted by Crippen LogP contribution is 2.08. The third-order valence-electron chi connectivity index (χ3n) is 3.52. The summed E-state index contributed by atoms with van der Waals surface area (Å²) in [6.07, 6.45) is -0.139. The molecule has 0 saturated carbocycles. The maximum atomic E-state index is 11.9. The first-order chi connectivity index (χ1) is 12.3. The van der Waals surface area contributed by atoms with Crippen LogP contribution in [0.25, 0.3) is 0 Å². The molecule has 0 spiro atoms. The summed E-state index contributed by atoms with van der Waals surface area (Å²) in [5.41, 5.74) is 1.27. The predicted molar refractivity (Wildman–Crippen MR) is 99.0 cm³/mol. The van der Waals surface area contributed by atoms with E-state index in [-0.39, 0.29) is 23.8 Å². The molecule has 0 unspecified atom stereocenters. The summed E-state index contributed by atoms with van der Waals surface area (Å²) in [5, 5.41) is 41.6. The van der Waals surface area contributed by atoms with Crippen LogP contribution in [0.1, 0.15) is 12.8 Å². The fourth-order valence-electron chi connectivity index (χ4n) is 2.23. The summed E-state index contributed by atoms with van der Waals surface area (Å²) >= 11 is 0. The second-order valence-corrected chi connectivity index (χ2v) is 5.59. The van der Waals surface area contributed by atoms with Gasteiger partial charge in [0.2, 0.25) is 11.8 Å². The van der Waals surface area contributed by atoms with Crippen molar-refractivity contribution < 1.29 is 29.7 Å². The van der Waals surface area contributed by atoms with Crippen molar-refractivity contribution in [1.29, 1.82) is 0 Å². The van der Waals surface area contributed by atoms with Gasteiger partial charge in [-0.25, -0.2) is 0 Å². The Morgan fingerprint density at radius 2 is 1.12 bits per heavy atom. The molecule has 0 bridgehead atoms. The van der Waals surface area contributed by atoms with E-state index in [1.807, 2.05) is 0 Å². The fraction of sp³-hybridized carbons (Fsp3) is 0.125. The number of benzene rings is 2. The molecular formula is C16H18B2N2O6. The number of anilines is 2. The van der Waals surface area contributed by atoms with Gasteiger partial charge in [0.25, 0.3) is 0 Å². The Labute approximate surface area is 150 Å². The van der Waals surface area contributed by atoms with E-state index in [0.717, 1.165) is 0 Å². The molecule has 0 aliphatic rings. The van der Waals surface area contributed by atoms with Gasteiger partial charge in [0, 0.05) is 24.2 Å². The van der Waals surface area contributed by atoms with Crippen molar-refractivity contribution in [3.63, 3.8) is 0 Å². The van der Waals surface area contributed by atoms with Crippen molar-refractivity contribution in [1.82, 2.24) is 0 Å². The minimum absolute atomic E-state index is 0.0694. The third-order valence-corrected chi connectivity index (χ3v) is 3.52. The first-order valence-electron chi connectivity index (χ1n) is 7.87. The molecule has 0 fully saturated rings. The molecule has 0 saturated heterocycles. The molecule has 2 aromatic rings. The zero-order chi connectivity index (χ0) is 19.1. The molecule has 0 heterocycles. The van der Waals surface area contributed by atoms with Crippen molar-refractivity contribution in [3.8, 4) is 0 Å². The fourth-order valence-corrected chi connectivity index (χ4v) is 2.23. The Hall–Kier alpha value is -2.65. The average Bonchev–Trinajstić information content (AvgIpc) is 2.60. The van der Waals surface area contributed by atoms with Gasteiger partial charge in [-0.3, -0.25) is 9.59 Å². The normalized spacial score (nSPS) is 10.2. The minimum Gasteiger partial charge on any atom is -0.423 e. The molecule has 6 N–H and O–H groups in total. The van der Waals surface area contributed by atoms with E-state index < -0.39 is 26.1 Å². The summed E-state index contributed by atoms with van der Waals surface area (Å²) in [5.74, 6) is -0.798. The number of carbonyl (C=O) groups excluding carboxylic acids is 2. The van der Waals surface area contributed by atoms with Gasteiger partial charge in [-0.05, 0) is 35.2 Å². The van der Waals surface area contributed by atoms with Crippen LogP contribution in [0, 0.1) is 0 Å². The quantitative estimate of drug-likeness (QED) is 0.331. The van der Waals surface area contributed by atoms with Crippen molar-refractivity contribution in [3.05, 3.63) is 48.5 Å². The molecule has 0 aliphatic heterocycles. The van der Waals surface area contributed by atoms with Crippen LogP contribution in [0.2, 0.25) is 0 Å². The van der Waals surface area contributed by atoms with E-state index in [2.05, 4.69) is 10.6 Å². The Balaban J connectivity index is 1.84. The molecule has 2 aromatic carbocycles. The van der Waals surface area contributed by atoms with Gasteiger partial charge >= 0.3 is 14.2 Å². The second kappa shape index (κ2) is 9.16. The molecule has 2 rings (SSSR count). The Kier molecular flexibility index (Phi) is 6.93. The molecule has 134 valence electrons. The molecule has 8 nitrogen and oxygen atoms in total. The maximum absolute atomic E-state index is 11.9. The molecule has 0 atom stereocenters. The summed E-state index contributed by atoms with van der Waals surface area (Å²) < 4.78 is 0. The number of hydrogen-bond acceptors (Lipinski definition) is 6. The number of amides is 2. The highest BCUT2D eigenvalue weighted by molar-refractivity contribution is 6.59. The third kappa shape index (κ3) is 6.01. The van der Waals surface area contributed by atoms with E-state index in [9.17, 15) is 9.59 Å². The van der Waals surface area contributed by atoms with E-state index in [1.54, 1.807) is 24.3 Å². The van der Waals surface area contributed by atoms with Crippen molar-refractivity contribution in [2.45, 2.75) is 12.8 Å². The summed E-state index contributed by atoms with van der Waals surface area (Å²) in [7, 11) is -3.27. The van der Waals surface area contributed by atoms with Gasteiger partial charge in [-0.1, -0.05) is 24.3 Å². The molecule has 0 aromatic heterocycles. The summed E-state index contributed by atoms with van der Waals surface area (Å²) in [6.45, 7) is 0. The first kappa shape index (κ1) is 19.7. The van der Waals surface area contributed by atoms with Crippen LogP contribution in [0.5, 0.6) is 0 Å². The van der Waals surface area contributed by atoms with Crippen molar-refractivity contribution in [2.75, 3.05) is 10.6 Å². The predicted octanol–water partition coefficient (Wildman–Crippen LogP) is -1.60. The average molecular weight is 356 g/mol. The monoisotopic (exact) mass is 356 g/mol. The van der Waals surface area contributed by atoms with E-state index >= 15 is 0 Å². The Morgan fingerprint density at radius 1 is 0.731 bits per heavy atom. The lowest BCUT2D eigenvalue weighted by molar-refractivity contribution is -0.121. The highest BCUT2D eigenvalue weighted by Gasteiger charge is 2.14. The molecule has 2 amide bonds. The zero-order valence-electron chi connectivity index (χ0n) is 13.8. The lowest BCUT2D eigenvalue weighted by Gasteiger charge is -2.09. The van der Waals surface area contributed by atoms with Crippen LogP contribution >= 0.6 is 0 Å². The van der Waals surface area contributed by atoms with Gasteiger partial charge in [0.15, 0.2) is 0 Å². The van der Waals surface area contributed by atoms with Crippen LogP contribution in [-0.2, 0) is 9.59 Å². The molecule has 0 aliphatic carbocycles. The van der Waals surface area contributed by atoms with Gasteiger partial charge in [0.1, 0.15) is 0 Å². The topological polar surface area (TPSA) is 139 Å². The number of carbonyl (C=O) groups is 2. The van der Waals surface area contributed by atoms with E-state index in [1.165, 1.54) is 24.3 Å². The lowest BCUT2D eigenvalue weighted by atomic mass is 9.80. The van der Waals surface area contributed by atoms with Crippen molar-refractivity contribution in [2.24, 2.45) is 0 Å². The SMILES string of the molecule is O=C(CCC(=O)Nc1cccc(B(O)O)c1)Nc1cccc(B(O)O)c1. The molecule has 10 heteroatoms. The Morgan fingerprint density at radius 3 is 1.46 bits per heavy atom. The van der Waals surface area contributed by atoms with Crippen molar-refractivity contribution >= 4 is 48.4 Å². The largest absolute Gasteiger partial charge is 0.488 e. The van der Waals surface area contributed by atoms with Gasteiger partial charge < -0.3 is 30.7 Å². The summed E-state index contributed by atoms with van der Waals surface area (Å²) in [4.78, 5) is 23.8. The molecular weight excluding hydrogens is 338 g/mol. The summed E-state index contributed by atoms with van der Waals surface area (Å²) in [6, 6.07) is 12.2. The van der Waals surface area contributed by atoms with Crippen LogP contribution in [0.4, 0.5) is 11.4 Å². The van der Waals surface area contributed by atoms with Gasteiger partial charge in [-0.2, -0.15) is 0 Å². The molecule has 26 heavy (non-hydrogen) atoms. The standard InChI is InChI=1S/C16H18B2N2O6/c21-15(19-13-5-1-3-11(9-13)17(23)24)7-8-16(22)20-14-6-2-4-12(10-14)18(25)26/h1-6,9-10,23-26H,7-8H2,(H,19,21)(H,20,22). The Bertz CT molecular complexity index is 719. The zero-order valence-corrected chi connectivity index (χ0v) is 13.8. The number of rotatable bonds is 7. The van der Waals surface area contributed by atoms with Crippen LogP contribution in [0.15, 0.2) is 48.5 Å². The van der Waals surface area contributed by atoms with Gasteiger partial charge in [-0.15, -0.1) is 0 Å². The minimum atomic E-state index is -1.63. The van der Waals surface area contributed by atoms with E-state index in [4.69, 9.17) is 20.1 Å². The lowest BCUT2D eigenvalue weighted by Crippen LogP contribution is -2.30. The maximum Gasteiger partial charge on any atom is 0.488 e. The smallest absolute Gasteiger partial charge is 0.423 e. The number of hydrogen-bond donors (Lipinski definition) is 6. The van der Waals surface area contributed by atoms with Crippen LogP contribution in [0.3, 0.4) is 0 Å². The van der Waals surface area contributed by atoms with Crippen LogP contribution < -0.4 is 21.6 Å². The van der Waals surface area contributed by atoms with Crippen LogP contribution in [-0.4, -0.2) is 46.1 Å². The highest BCUT2D eigenvalue weighted by atomic mass is 16.4. The first-order valence-corrected chi connectivity index (χ1v) is 7.87. The van der Waals surface area contributed by atoms with E-state index in [0.29, 0.717) is 11.4 Å². The number of nitrogens with one attached hydrogen (secondary N) is 2. The van der Waals surface area contributed by atoms with Gasteiger partial charge in [0.05, 0.1) is 0 Å². The second-order valence-electron chi connectivity index (χ2n) is 5.59. The molecule has 0 radical (unpaired) electrons.